The molecule has 1 amide bonds. The summed E-state index contributed by atoms with van der Waals surface area (Å²) in [5.41, 5.74) is 1.21. The Kier molecular flexibility index (Phi) is 5.92. The highest BCUT2D eigenvalue weighted by Crippen LogP contribution is 2.12. The molecule has 3 rings (SSSR count). The third kappa shape index (κ3) is 4.84. The molecule has 1 fully saturated rings. The molecule has 0 aliphatic carbocycles. The van der Waals surface area contributed by atoms with Crippen molar-refractivity contribution in [2.75, 3.05) is 13.2 Å². The molecule has 0 aromatic carbocycles. The van der Waals surface area contributed by atoms with Gasteiger partial charge < -0.3 is 10.1 Å². The van der Waals surface area contributed by atoms with E-state index >= 15 is 0 Å². The third-order valence-electron chi connectivity index (χ3n) is 4.01. The number of amides is 1. The van der Waals surface area contributed by atoms with Crippen LogP contribution in [0.5, 0.6) is 0 Å². The van der Waals surface area contributed by atoms with Gasteiger partial charge in [0.2, 0.25) is 0 Å². The molecule has 2 aromatic rings. The lowest BCUT2D eigenvalue weighted by atomic mass is 10.1. The lowest BCUT2D eigenvalue weighted by Crippen LogP contribution is -2.39. The molecule has 0 spiro atoms. The summed E-state index contributed by atoms with van der Waals surface area (Å²) in [7, 11) is -3.66. The molecule has 0 saturated carbocycles. The van der Waals surface area contributed by atoms with Gasteiger partial charge in [0.25, 0.3) is 15.9 Å². The Bertz CT molecular complexity index is 835. The van der Waals surface area contributed by atoms with Crippen LogP contribution in [0, 0.1) is 0 Å². The van der Waals surface area contributed by atoms with Crippen molar-refractivity contribution in [3.63, 3.8) is 0 Å². The fourth-order valence-corrected chi connectivity index (χ4v) is 3.79. The SMILES string of the molecule is O=C(NCc1ccc(S(=O)(=O)NC2CCOCC2)nc1)c1ccncc1. The van der Waals surface area contributed by atoms with Gasteiger partial charge in [0.1, 0.15) is 0 Å². The van der Waals surface area contributed by atoms with Gasteiger partial charge in [0.05, 0.1) is 0 Å². The monoisotopic (exact) mass is 376 g/mol. The molecule has 1 aliphatic rings. The average Bonchev–Trinajstić information content (AvgIpc) is 2.67. The molecule has 2 N–H and O–H groups in total. The van der Waals surface area contributed by atoms with Crippen LogP contribution < -0.4 is 10.0 Å². The highest BCUT2D eigenvalue weighted by molar-refractivity contribution is 7.89. The first-order valence-corrected chi connectivity index (χ1v) is 9.76. The van der Waals surface area contributed by atoms with Gasteiger partial charge >= 0.3 is 0 Å². The van der Waals surface area contributed by atoms with Gasteiger partial charge in [0, 0.05) is 50.0 Å². The Labute approximate surface area is 152 Å². The van der Waals surface area contributed by atoms with Crippen LogP contribution in [0.15, 0.2) is 47.9 Å². The van der Waals surface area contributed by atoms with Crippen LogP contribution in [0.1, 0.15) is 28.8 Å². The molecular formula is C17H20N4O4S. The highest BCUT2D eigenvalue weighted by Gasteiger charge is 2.23. The topological polar surface area (TPSA) is 110 Å². The number of nitrogens with one attached hydrogen (secondary N) is 2. The number of aromatic nitrogens is 2. The molecule has 26 heavy (non-hydrogen) atoms. The zero-order valence-corrected chi connectivity index (χ0v) is 14.9. The van der Waals surface area contributed by atoms with Gasteiger partial charge in [-0.2, -0.15) is 0 Å². The molecule has 2 aromatic heterocycles. The summed E-state index contributed by atoms with van der Waals surface area (Å²) in [5.74, 6) is -0.231. The summed E-state index contributed by atoms with van der Waals surface area (Å²) in [6.45, 7) is 1.36. The van der Waals surface area contributed by atoms with Crippen LogP contribution in [0.25, 0.3) is 0 Å². The van der Waals surface area contributed by atoms with Crippen molar-refractivity contribution < 1.29 is 17.9 Å². The van der Waals surface area contributed by atoms with Crippen molar-refractivity contribution in [2.45, 2.75) is 30.5 Å². The molecule has 0 bridgehead atoms. The number of sulfonamides is 1. The first-order chi connectivity index (χ1) is 12.5. The number of rotatable bonds is 6. The Hall–Kier alpha value is -2.36. The lowest BCUT2D eigenvalue weighted by molar-refractivity contribution is 0.0832. The van der Waals surface area contributed by atoms with E-state index in [1.54, 1.807) is 30.6 Å². The van der Waals surface area contributed by atoms with Crippen molar-refractivity contribution in [2.24, 2.45) is 0 Å². The minimum atomic E-state index is -3.66. The number of ether oxygens (including phenoxy) is 1. The van der Waals surface area contributed by atoms with E-state index in [4.69, 9.17) is 4.74 Å². The van der Waals surface area contributed by atoms with Crippen LogP contribution in [0.3, 0.4) is 0 Å². The first-order valence-electron chi connectivity index (χ1n) is 8.28. The van der Waals surface area contributed by atoms with Gasteiger partial charge in [-0.05, 0) is 36.6 Å². The molecule has 138 valence electrons. The molecule has 1 saturated heterocycles. The summed E-state index contributed by atoms with van der Waals surface area (Å²) in [6.07, 6.45) is 5.84. The van der Waals surface area contributed by atoms with Crippen LogP contribution in [-0.4, -0.2) is 43.5 Å². The highest BCUT2D eigenvalue weighted by atomic mass is 32.2. The van der Waals surface area contributed by atoms with Crippen molar-refractivity contribution in [1.82, 2.24) is 20.0 Å². The number of hydrogen-bond donors (Lipinski definition) is 2. The number of carbonyl (C=O) groups is 1. The number of nitrogens with zero attached hydrogens (tertiary/aromatic N) is 2. The second kappa shape index (κ2) is 8.35. The predicted molar refractivity (Wildman–Crippen MR) is 93.8 cm³/mol. The molecule has 3 heterocycles. The van der Waals surface area contributed by atoms with Crippen LogP contribution in [-0.2, 0) is 21.3 Å². The van der Waals surface area contributed by atoms with Crippen LogP contribution in [0.4, 0.5) is 0 Å². The van der Waals surface area contributed by atoms with E-state index in [0.717, 1.165) is 0 Å². The third-order valence-corrected chi connectivity index (χ3v) is 5.45. The van der Waals surface area contributed by atoms with Crippen molar-refractivity contribution in [3.8, 4) is 0 Å². The first kappa shape index (κ1) is 18.4. The fraction of sp³-hybridized carbons (Fsp3) is 0.353. The summed E-state index contributed by atoms with van der Waals surface area (Å²) in [4.78, 5) is 19.9. The summed E-state index contributed by atoms with van der Waals surface area (Å²) < 4.78 is 32.6. The van der Waals surface area contributed by atoms with Gasteiger partial charge in [-0.1, -0.05) is 6.07 Å². The molecule has 0 atom stereocenters. The van der Waals surface area contributed by atoms with Crippen LogP contribution in [0.2, 0.25) is 0 Å². The zero-order valence-electron chi connectivity index (χ0n) is 14.1. The standard InChI is InChI=1S/C17H20N4O4S/c22-17(14-3-7-18-8-4-14)20-12-13-1-2-16(19-11-13)26(23,24)21-15-5-9-25-10-6-15/h1-4,7-8,11,15,21H,5-6,9-10,12H2,(H,20,22). The maximum absolute atomic E-state index is 12.4. The Morgan fingerprint density at radius 1 is 1.15 bits per heavy atom. The molecule has 0 radical (unpaired) electrons. The van der Waals surface area contributed by atoms with Crippen molar-refractivity contribution >= 4 is 15.9 Å². The van der Waals surface area contributed by atoms with E-state index in [1.165, 1.54) is 12.3 Å². The maximum Gasteiger partial charge on any atom is 0.258 e. The minimum absolute atomic E-state index is 0.0341. The van der Waals surface area contributed by atoms with Gasteiger partial charge in [-0.15, -0.1) is 0 Å². The fourth-order valence-electron chi connectivity index (χ4n) is 2.56. The van der Waals surface area contributed by atoms with Crippen molar-refractivity contribution in [3.05, 3.63) is 54.0 Å². The molecule has 1 aliphatic heterocycles. The summed E-state index contributed by atoms with van der Waals surface area (Å²) in [6, 6.07) is 6.18. The smallest absolute Gasteiger partial charge is 0.258 e. The predicted octanol–water partition coefficient (Wildman–Crippen LogP) is 0.864. The number of hydrogen-bond acceptors (Lipinski definition) is 6. The lowest BCUT2D eigenvalue weighted by Gasteiger charge is -2.22. The quantitative estimate of drug-likeness (QED) is 0.774. The van der Waals surface area contributed by atoms with E-state index in [1.807, 2.05) is 0 Å². The minimum Gasteiger partial charge on any atom is -0.381 e. The van der Waals surface area contributed by atoms with E-state index < -0.39 is 10.0 Å². The number of carbonyl (C=O) groups excluding carboxylic acids is 1. The van der Waals surface area contributed by atoms with E-state index in [0.29, 0.717) is 37.2 Å². The van der Waals surface area contributed by atoms with Crippen molar-refractivity contribution in [1.29, 1.82) is 0 Å². The second-order valence-electron chi connectivity index (χ2n) is 5.93. The second-order valence-corrected chi connectivity index (χ2v) is 7.59. The molecule has 0 unspecified atom stereocenters. The zero-order chi connectivity index (χ0) is 18.4. The van der Waals surface area contributed by atoms with E-state index in [9.17, 15) is 13.2 Å². The summed E-state index contributed by atoms with van der Waals surface area (Å²) >= 11 is 0. The van der Waals surface area contributed by atoms with Crippen LogP contribution >= 0.6 is 0 Å². The largest absolute Gasteiger partial charge is 0.381 e. The van der Waals surface area contributed by atoms with E-state index in [-0.39, 0.29) is 23.5 Å². The average molecular weight is 376 g/mol. The van der Waals surface area contributed by atoms with Gasteiger partial charge in [0.15, 0.2) is 5.03 Å². The normalized spacial score (nSPS) is 15.5. The Balaban J connectivity index is 1.58. The molecule has 8 nitrogen and oxygen atoms in total. The van der Waals surface area contributed by atoms with E-state index in [2.05, 4.69) is 20.0 Å². The Morgan fingerprint density at radius 3 is 2.54 bits per heavy atom. The molecule has 9 heteroatoms. The van der Waals surface area contributed by atoms with Gasteiger partial charge in [-0.3, -0.25) is 9.78 Å². The molecular weight excluding hydrogens is 356 g/mol. The van der Waals surface area contributed by atoms with Gasteiger partial charge in [-0.25, -0.2) is 18.1 Å². The number of pyridine rings is 2. The maximum atomic E-state index is 12.4. The Morgan fingerprint density at radius 2 is 1.88 bits per heavy atom. The summed E-state index contributed by atoms with van der Waals surface area (Å²) in [5, 5.41) is 2.72.